The fourth-order valence-electron chi connectivity index (χ4n) is 3.07. The van der Waals surface area contributed by atoms with Crippen molar-refractivity contribution in [2.24, 2.45) is 5.92 Å². The maximum absolute atomic E-state index is 12.9. The van der Waals surface area contributed by atoms with Crippen molar-refractivity contribution in [3.8, 4) is 0 Å². The molecule has 1 unspecified atom stereocenters. The molecule has 0 aliphatic carbocycles. The van der Waals surface area contributed by atoms with E-state index in [0.29, 0.717) is 5.92 Å². The molecule has 0 aromatic heterocycles. The molecule has 2 rings (SSSR count). The summed E-state index contributed by atoms with van der Waals surface area (Å²) in [6, 6.07) is 8.17. The van der Waals surface area contributed by atoms with Crippen LogP contribution in [-0.4, -0.2) is 55.4 Å². The number of Topliss-reactive ketones (excluding diaryl/α,β-unsaturated/α-hetero) is 1. The van der Waals surface area contributed by atoms with E-state index in [-0.39, 0.29) is 11.8 Å². The molecule has 1 aromatic carbocycles. The Morgan fingerprint density at radius 3 is 2.76 bits per heavy atom. The maximum Gasteiger partial charge on any atom is 0.181 e. The summed E-state index contributed by atoms with van der Waals surface area (Å²) in [4.78, 5) is 17.4. The van der Waals surface area contributed by atoms with Crippen LogP contribution in [0.4, 0.5) is 0 Å². The molecule has 1 aromatic rings. The van der Waals surface area contributed by atoms with Gasteiger partial charge in [-0.1, -0.05) is 32.0 Å². The van der Waals surface area contributed by atoms with Crippen molar-refractivity contribution in [1.29, 1.82) is 0 Å². The third-order valence-corrected chi connectivity index (χ3v) is 4.23. The van der Waals surface area contributed by atoms with Gasteiger partial charge in [0.05, 0.1) is 6.04 Å². The Bertz CT molecular complexity index is 484. The molecule has 0 saturated carbocycles. The Labute approximate surface area is 128 Å². The van der Waals surface area contributed by atoms with E-state index in [1.54, 1.807) is 0 Å². The number of hydrogen-bond acceptors (Lipinski definition) is 3. The lowest BCUT2D eigenvalue weighted by molar-refractivity contribution is 0.0839. The van der Waals surface area contributed by atoms with Crippen LogP contribution in [0.5, 0.6) is 0 Å². The van der Waals surface area contributed by atoms with Crippen LogP contribution in [0.3, 0.4) is 0 Å². The van der Waals surface area contributed by atoms with E-state index in [0.717, 1.165) is 38.0 Å². The predicted molar refractivity (Wildman–Crippen MR) is 87.8 cm³/mol. The summed E-state index contributed by atoms with van der Waals surface area (Å²) in [6.07, 6.45) is 2.16. The Hall–Kier alpha value is -1.19. The zero-order chi connectivity index (χ0) is 15.4. The molecule has 3 nitrogen and oxygen atoms in total. The first-order valence-corrected chi connectivity index (χ1v) is 7.99. The molecular weight excluding hydrogens is 260 g/mol. The second kappa shape index (κ2) is 7.19. The summed E-state index contributed by atoms with van der Waals surface area (Å²) in [7, 11) is 4.17. The topological polar surface area (TPSA) is 23.6 Å². The minimum absolute atomic E-state index is 0.0215. The van der Waals surface area contributed by atoms with Gasteiger partial charge in [0.2, 0.25) is 0 Å². The van der Waals surface area contributed by atoms with Crippen LogP contribution in [0.15, 0.2) is 24.3 Å². The number of likely N-dealkylation sites (N-methyl/N-ethyl adjacent to an activating group) is 2. The summed E-state index contributed by atoms with van der Waals surface area (Å²) in [5, 5.41) is 0. The van der Waals surface area contributed by atoms with Crippen molar-refractivity contribution in [2.75, 3.05) is 33.7 Å². The Balaban J connectivity index is 2.17. The molecule has 1 saturated heterocycles. The second-order valence-electron chi connectivity index (χ2n) is 6.77. The van der Waals surface area contributed by atoms with E-state index in [1.165, 1.54) is 5.56 Å². The molecule has 1 aliphatic rings. The van der Waals surface area contributed by atoms with Crippen molar-refractivity contribution in [1.82, 2.24) is 9.80 Å². The van der Waals surface area contributed by atoms with Gasteiger partial charge in [-0.3, -0.25) is 9.69 Å². The summed E-state index contributed by atoms with van der Waals surface area (Å²) >= 11 is 0. The van der Waals surface area contributed by atoms with Crippen LogP contribution >= 0.6 is 0 Å². The quantitative estimate of drug-likeness (QED) is 0.796. The van der Waals surface area contributed by atoms with Crippen LogP contribution in [0.25, 0.3) is 0 Å². The van der Waals surface area contributed by atoms with Gasteiger partial charge in [-0.25, -0.2) is 0 Å². The Morgan fingerprint density at radius 1 is 1.29 bits per heavy atom. The van der Waals surface area contributed by atoms with E-state index in [1.807, 2.05) is 12.1 Å². The summed E-state index contributed by atoms with van der Waals surface area (Å²) in [5.74, 6) is 0.874. The molecule has 21 heavy (non-hydrogen) atoms. The largest absolute Gasteiger partial charge is 0.304 e. The molecule has 0 radical (unpaired) electrons. The normalized spacial score (nSPS) is 21.5. The first-order valence-electron chi connectivity index (χ1n) is 7.99. The molecular formula is C18H28N2O. The van der Waals surface area contributed by atoms with E-state index < -0.39 is 0 Å². The number of rotatable bonds is 4. The first kappa shape index (κ1) is 16.2. The lowest BCUT2D eigenvalue weighted by Crippen LogP contribution is -2.43. The molecule has 116 valence electrons. The van der Waals surface area contributed by atoms with Crippen LogP contribution in [0, 0.1) is 5.92 Å². The number of hydrogen-bond donors (Lipinski definition) is 0. The van der Waals surface area contributed by atoms with Gasteiger partial charge in [0.15, 0.2) is 5.78 Å². The summed E-state index contributed by atoms with van der Waals surface area (Å²) < 4.78 is 0. The van der Waals surface area contributed by atoms with Crippen molar-refractivity contribution in [2.45, 2.75) is 32.7 Å². The molecule has 1 heterocycles. The molecule has 1 fully saturated rings. The fourth-order valence-corrected chi connectivity index (χ4v) is 3.07. The van der Waals surface area contributed by atoms with Gasteiger partial charge < -0.3 is 4.90 Å². The van der Waals surface area contributed by atoms with E-state index >= 15 is 0 Å². The minimum Gasteiger partial charge on any atom is -0.304 e. The second-order valence-corrected chi connectivity index (χ2v) is 6.77. The highest BCUT2D eigenvalue weighted by Crippen LogP contribution is 2.16. The molecule has 3 heteroatoms. The van der Waals surface area contributed by atoms with Gasteiger partial charge in [0.25, 0.3) is 0 Å². The average molecular weight is 288 g/mol. The van der Waals surface area contributed by atoms with E-state index in [4.69, 9.17) is 0 Å². The zero-order valence-corrected chi connectivity index (χ0v) is 13.8. The maximum atomic E-state index is 12.9. The predicted octanol–water partition coefficient (Wildman–Crippen LogP) is 2.70. The first-order chi connectivity index (χ1) is 9.97. The fraction of sp³-hybridized carbons (Fsp3) is 0.611. The van der Waals surface area contributed by atoms with Crippen molar-refractivity contribution in [3.05, 3.63) is 35.4 Å². The average Bonchev–Trinajstić information content (AvgIpc) is 2.59. The number of ketones is 1. The molecule has 0 N–H and O–H groups in total. The summed E-state index contributed by atoms with van der Waals surface area (Å²) in [6.45, 7) is 7.31. The number of carbonyl (C=O) groups is 1. The smallest absolute Gasteiger partial charge is 0.181 e. The monoisotopic (exact) mass is 288 g/mol. The third-order valence-electron chi connectivity index (χ3n) is 4.23. The molecule has 0 bridgehead atoms. The van der Waals surface area contributed by atoms with Crippen molar-refractivity contribution in [3.63, 3.8) is 0 Å². The van der Waals surface area contributed by atoms with Crippen LogP contribution in [-0.2, 0) is 6.42 Å². The standard InChI is InChI=1S/C18H28N2O/c1-14(2)11-15-7-5-8-16(12-15)18(21)17-13-19(3)9-6-10-20(17)4/h5,7-8,12,14,17H,6,9-11,13H2,1-4H3. The third kappa shape index (κ3) is 4.39. The Kier molecular flexibility index (Phi) is 5.54. The lowest BCUT2D eigenvalue weighted by atomic mass is 9.97. The van der Waals surface area contributed by atoms with Crippen molar-refractivity contribution >= 4 is 5.78 Å². The highest BCUT2D eigenvalue weighted by atomic mass is 16.1. The van der Waals surface area contributed by atoms with Gasteiger partial charge in [0.1, 0.15) is 0 Å². The molecule has 0 spiro atoms. The SMILES string of the molecule is CC(C)Cc1cccc(C(=O)C2CN(C)CCCN2C)c1. The molecule has 1 atom stereocenters. The van der Waals surface area contributed by atoms with Gasteiger partial charge >= 0.3 is 0 Å². The van der Waals surface area contributed by atoms with Gasteiger partial charge in [0, 0.05) is 12.1 Å². The van der Waals surface area contributed by atoms with Gasteiger partial charge in [-0.2, -0.15) is 0 Å². The van der Waals surface area contributed by atoms with Crippen molar-refractivity contribution < 1.29 is 4.79 Å². The number of nitrogens with zero attached hydrogens (tertiary/aromatic N) is 2. The zero-order valence-electron chi connectivity index (χ0n) is 13.8. The van der Waals surface area contributed by atoms with Crippen LogP contribution < -0.4 is 0 Å². The molecule has 1 aliphatic heterocycles. The number of benzene rings is 1. The van der Waals surface area contributed by atoms with Crippen LogP contribution in [0.1, 0.15) is 36.2 Å². The lowest BCUT2D eigenvalue weighted by Gasteiger charge is -2.26. The van der Waals surface area contributed by atoms with E-state index in [2.05, 4.69) is 49.9 Å². The highest BCUT2D eigenvalue weighted by Gasteiger charge is 2.27. The van der Waals surface area contributed by atoms with E-state index in [9.17, 15) is 4.79 Å². The van der Waals surface area contributed by atoms with Crippen LogP contribution in [0.2, 0.25) is 0 Å². The number of carbonyl (C=O) groups excluding carboxylic acids is 1. The van der Waals surface area contributed by atoms with Gasteiger partial charge in [-0.15, -0.1) is 0 Å². The summed E-state index contributed by atoms with van der Waals surface area (Å²) in [5.41, 5.74) is 2.13. The Morgan fingerprint density at radius 2 is 2.05 bits per heavy atom. The van der Waals surface area contributed by atoms with Gasteiger partial charge in [-0.05, 0) is 57.6 Å². The molecule has 0 amide bonds. The highest BCUT2D eigenvalue weighted by molar-refractivity contribution is 6.00. The minimum atomic E-state index is -0.0215.